The van der Waals surface area contributed by atoms with Crippen LogP contribution in [0.2, 0.25) is 0 Å². The maximum absolute atomic E-state index is 11.9. The highest BCUT2D eigenvalue weighted by Crippen LogP contribution is 2.14. The average Bonchev–Trinajstić information content (AvgIpc) is 2.65. The molecule has 1 heterocycles. The molecule has 1 aromatic heterocycles. The van der Waals surface area contributed by atoms with Crippen LogP contribution in [0.3, 0.4) is 0 Å². The van der Waals surface area contributed by atoms with Gasteiger partial charge in [0.1, 0.15) is 5.76 Å². The summed E-state index contributed by atoms with van der Waals surface area (Å²) in [4.78, 5) is 11.9. The van der Waals surface area contributed by atoms with Crippen molar-refractivity contribution in [2.24, 2.45) is 0 Å². The zero-order chi connectivity index (χ0) is 10.8. The second-order valence-electron chi connectivity index (χ2n) is 3.25. The van der Waals surface area contributed by atoms with Gasteiger partial charge in [-0.15, -0.1) is 0 Å². The van der Waals surface area contributed by atoms with Gasteiger partial charge in [-0.2, -0.15) is 0 Å². The first-order chi connectivity index (χ1) is 7.16. The number of carbonyl (C=O) groups excluding carboxylic acids is 1. The summed E-state index contributed by atoms with van der Waals surface area (Å²) in [6.45, 7) is 1.82. The SMILES string of the molecule is Cc1ccc(C(=O)c2ccc(I)cc2)o1. The van der Waals surface area contributed by atoms with Crippen molar-refractivity contribution >= 4 is 28.4 Å². The van der Waals surface area contributed by atoms with Crippen molar-refractivity contribution in [1.82, 2.24) is 0 Å². The zero-order valence-corrected chi connectivity index (χ0v) is 10.3. The van der Waals surface area contributed by atoms with Crippen LogP contribution in [0.15, 0.2) is 40.8 Å². The van der Waals surface area contributed by atoms with E-state index in [-0.39, 0.29) is 5.78 Å². The molecular formula is C12H9IO2. The highest BCUT2D eigenvalue weighted by atomic mass is 127. The lowest BCUT2D eigenvalue weighted by molar-refractivity contribution is 0.101. The fourth-order valence-electron chi connectivity index (χ4n) is 1.30. The topological polar surface area (TPSA) is 30.2 Å². The Balaban J connectivity index is 2.32. The maximum atomic E-state index is 11.9. The number of benzene rings is 1. The Bertz CT molecular complexity index is 483. The van der Waals surface area contributed by atoms with Crippen molar-refractivity contribution in [3.63, 3.8) is 0 Å². The zero-order valence-electron chi connectivity index (χ0n) is 8.16. The van der Waals surface area contributed by atoms with Gasteiger partial charge in [-0.3, -0.25) is 4.79 Å². The van der Waals surface area contributed by atoms with Crippen LogP contribution in [0.5, 0.6) is 0 Å². The van der Waals surface area contributed by atoms with Gasteiger partial charge in [0.15, 0.2) is 5.76 Å². The maximum Gasteiger partial charge on any atom is 0.228 e. The van der Waals surface area contributed by atoms with E-state index in [0.29, 0.717) is 11.3 Å². The minimum absolute atomic E-state index is 0.0699. The minimum atomic E-state index is -0.0699. The summed E-state index contributed by atoms with van der Waals surface area (Å²) < 4.78 is 6.39. The Hall–Kier alpha value is -1.10. The van der Waals surface area contributed by atoms with E-state index in [1.54, 1.807) is 12.1 Å². The predicted octanol–water partition coefficient (Wildman–Crippen LogP) is 3.42. The molecule has 2 nitrogen and oxygen atoms in total. The molecule has 0 aliphatic rings. The molecule has 0 aliphatic carbocycles. The van der Waals surface area contributed by atoms with Gasteiger partial charge in [0.2, 0.25) is 5.78 Å². The molecule has 0 radical (unpaired) electrons. The monoisotopic (exact) mass is 312 g/mol. The van der Waals surface area contributed by atoms with Crippen molar-refractivity contribution in [2.75, 3.05) is 0 Å². The van der Waals surface area contributed by atoms with Gasteiger partial charge < -0.3 is 4.42 Å². The second-order valence-corrected chi connectivity index (χ2v) is 4.49. The van der Waals surface area contributed by atoms with E-state index in [4.69, 9.17) is 4.42 Å². The highest BCUT2D eigenvalue weighted by Gasteiger charge is 2.12. The Labute approximate surface area is 101 Å². The van der Waals surface area contributed by atoms with E-state index in [9.17, 15) is 4.79 Å². The third kappa shape index (κ3) is 2.28. The van der Waals surface area contributed by atoms with E-state index in [1.165, 1.54) is 0 Å². The molecule has 0 unspecified atom stereocenters. The average molecular weight is 312 g/mol. The van der Waals surface area contributed by atoms with Crippen LogP contribution in [0.25, 0.3) is 0 Å². The van der Waals surface area contributed by atoms with Crippen molar-refractivity contribution in [1.29, 1.82) is 0 Å². The summed E-state index contributed by atoms with van der Waals surface area (Å²) in [5.41, 5.74) is 0.657. The molecule has 2 rings (SSSR count). The van der Waals surface area contributed by atoms with Crippen molar-refractivity contribution in [2.45, 2.75) is 6.92 Å². The van der Waals surface area contributed by atoms with Gasteiger partial charge >= 0.3 is 0 Å². The summed E-state index contributed by atoms with van der Waals surface area (Å²) in [5.74, 6) is 1.08. The molecule has 0 saturated carbocycles. The molecular weight excluding hydrogens is 303 g/mol. The first kappa shape index (κ1) is 10.4. The number of aryl methyl sites for hydroxylation is 1. The minimum Gasteiger partial charge on any atom is -0.458 e. The normalized spacial score (nSPS) is 10.3. The van der Waals surface area contributed by atoms with E-state index in [2.05, 4.69) is 22.6 Å². The lowest BCUT2D eigenvalue weighted by Gasteiger charge is -1.97. The molecule has 76 valence electrons. The van der Waals surface area contributed by atoms with E-state index in [0.717, 1.165) is 9.33 Å². The van der Waals surface area contributed by atoms with Crippen molar-refractivity contribution < 1.29 is 9.21 Å². The standard InChI is InChI=1S/C12H9IO2/c1-8-2-7-11(15-8)12(14)9-3-5-10(13)6-4-9/h2-7H,1H3. The van der Waals surface area contributed by atoms with Crippen molar-refractivity contribution in [3.05, 3.63) is 57.1 Å². The van der Waals surface area contributed by atoms with E-state index in [1.807, 2.05) is 31.2 Å². The molecule has 15 heavy (non-hydrogen) atoms. The van der Waals surface area contributed by atoms with Gasteiger partial charge in [-0.05, 0) is 65.9 Å². The van der Waals surface area contributed by atoms with Crippen LogP contribution >= 0.6 is 22.6 Å². The van der Waals surface area contributed by atoms with E-state index >= 15 is 0 Å². The number of furan rings is 1. The van der Waals surface area contributed by atoms with E-state index < -0.39 is 0 Å². The molecule has 1 aromatic carbocycles. The summed E-state index contributed by atoms with van der Waals surface area (Å²) in [7, 11) is 0. The third-order valence-corrected chi connectivity index (χ3v) is 2.79. The molecule has 3 heteroatoms. The van der Waals surface area contributed by atoms with Gasteiger partial charge in [0.05, 0.1) is 0 Å². The molecule has 0 aliphatic heterocycles. The second kappa shape index (κ2) is 4.18. The van der Waals surface area contributed by atoms with Gasteiger partial charge in [0.25, 0.3) is 0 Å². The molecule has 0 amide bonds. The fourth-order valence-corrected chi connectivity index (χ4v) is 1.66. The number of halogens is 1. The summed E-state index contributed by atoms with van der Waals surface area (Å²) >= 11 is 2.20. The highest BCUT2D eigenvalue weighted by molar-refractivity contribution is 14.1. The molecule has 0 spiro atoms. The van der Waals surface area contributed by atoms with Gasteiger partial charge in [-0.1, -0.05) is 0 Å². The summed E-state index contributed by atoms with van der Waals surface area (Å²) in [6.07, 6.45) is 0. The first-order valence-electron chi connectivity index (χ1n) is 4.53. The van der Waals surface area contributed by atoms with Crippen molar-refractivity contribution in [3.8, 4) is 0 Å². The quantitative estimate of drug-likeness (QED) is 0.628. The Kier molecular flexibility index (Phi) is 2.90. The van der Waals surface area contributed by atoms with Gasteiger partial charge in [-0.25, -0.2) is 0 Å². The predicted molar refractivity (Wildman–Crippen MR) is 66.0 cm³/mol. The Morgan fingerprint density at radius 2 is 1.80 bits per heavy atom. The first-order valence-corrected chi connectivity index (χ1v) is 5.61. The molecule has 0 bridgehead atoms. The van der Waals surface area contributed by atoms with Crippen LogP contribution in [-0.2, 0) is 0 Å². The fraction of sp³-hybridized carbons (Fsp3) is 0.0833. The lowest BCUT2D eigenvalue weighted by Crippen LogP contribution is -1.98. The molecule has 0 N–H and O–H groups in total. The molecule has 0 atom stereocenters. The number of ketones is 1. The number of carbonyl (C=O) groups is 1. The van der Waals surface area contributed by atoms with Gasteiger partial charge in [0, 0.05) is 9.13 Å². The summed E-state index contributed by atoms with van der Waals surface area (Å²) in [5, 5.41) is 0. The third-order valence-electron chi connectivity index (χ3n) is 2.07. The van der Waals surface area contributed by atoms with Crippen LogP contribution in [0.1, 0.15) is 21.9 Å². The number of hydrogen-bond acceptors (Lipinski definition) is 2. The molecule has 0 fully saturated rings. The van der Waals surface area contributed by atoms with Crippen LogP contribution < -0.4 is 0 Å². The molecule has 2 aromatic rings. The van der Waals surface area contributed by atoms with Crippen LogP contribution in [-0.4, -0.2) is 5.78 Å². The Morgan fingerprint density at radius 1 is 1.13 bits per heavy atom. The van der Waals surface area contributed by atoms with Crippen LogP contribution in [0, 0.1) is 10.5 Å². The largest absolute Gasteiger partial charge is 0.458 e. The Morgan fingerprint density at radius 3 is 2.33 bits per heavy atom. The smallest absolute Gasteiger partial charge is 0.228 e. The number of rotatable bonds is 2. The van der Waals surface area contributed by atoms with Crippen LogP contribution in [0.4, 0.5) is 0 Å². The number of hydrogen-bond donors (Lipinski definition) is 0. The summed E-state index contributed by atoms with van der Waals surface area (Å²) in [6, 6.07) is 10.9. The molecule has 0 saturated heterocycles. The lowest BCUT2D eigenvalue weighted by atomic mass is 10.1.